The van der Waals surface area contributed by atoms with Crippen LogP contribution in [-0.2, 0) is 9.59 Å². The maximum atomic E-state index is 11.7. The Morgan fingerprint density at radius 3 is 2.59 bits per heavy atom. The largest absolute Gasteiger partial charge is 0.369 e. The minimum atomic E-state index is -0.335. The third kappa shape index (κ3) is 2.16. The van der Waals surface area contributed by atoms with Crippen molar-refractivity contribution in [3.63, 3.8) is 0 Å². The van der Waals surface area contributed by atoms with Crippen molar-refractivity contribution in [1.82, 2.24) is 4.90 Å². The van der Waals surface area contributed by atoms with Crippen LogP contribution in [0.1, 0.15) is 24.4 Å². The van der Waals surface area contributed by atoms with Gasteiger partial charge in [-0.05, 0) is 12.0 Å². The van der Waals surface area contributed by atoms with Gasteiger partial charge in [-0.2, -0.15) is 0 Å². The number of nitrogens with zero attached hydrogens (tertiary/aromatic N) is 1. The average Bonchev–Trinajstić information content (AvgIpc) is 2.33. The summed E-state index contributed by atoms with van der Waals surface area (Å²) in [5, 5.41) is 0. The van der Waals surface area contributed by atoms with Crippen molar-refractivity contribution >= 4 is 11.8 Å². The van der Waals surface area contributed by atoms with Gasteiger partial charge in [0.1, 0.15) is 0 Å². The quantitative estimate of drug-likeness (QED) is 0.829. The van der Waals surface area contributed by atoms with E-state index in [-0.39, 0.29) is 23.8 Å². The Balaban J connectivity index is 2.37. The fraction of sp³-hybridized carbons (Fsp3) is 0.385. The second kappa shape index (κ2) is 4.57. The summed E-state index contributed by atoms with van der Waals surface area (Å²) in [6.45, 7) is 0. The molecule has 2 unspecified atom stereocenters. The molecule has 0 spiro atoms. The number of amides is 2. The third-order valence-electron chi connectivity index (χ3n) is 3.37. The lowest BCUT2D eigenvalue weighted by Crippen LogP contribution is -2.44. The van der Waals surface area contributed by atoms with Crippen LogP contribution in [0.5, 0.6) is 0 Å². The van der Waals surface area contributed by atoms with Crippen molar-refractivity contribution in [2.45, 2.75) is 18.9 Å². The third-order valence-corrected chi connectivity index (χ3v) is 3.37. The van der Waals surface area contributed by atoms with Gasteiger partial charge in [-0.3, -0.25) is 9.59 Å². The van der Waals surface area contributed by atoms with Crippen molar-refractivity contribution in [2.24, 2.45) is 11.7 Å². The number of nitrogens with two attached hydrogens (primary N) is 1. The molecule has 4 nitrogen and oxygen atoms in total. The SMILES string of the molecule is CN1C(=O)CCC(C(N)=O)C1c1ccccc1. The molecule has 2 N–H and O–H groups in total. The molecule has 1 saturated heterocycles. The van der Waals surface area contributed by atoms with E-state index < -0.39 is 0 Å². The van der Waals surface area contributed by atoms with Crippen LogP contribution in [0.15, 0.2) is 30.3 Å². The van der Waals surface area contributed by atoms with Crippen molar-refractivity contribution in [3.8, 4) is 0 Å². The van der Waals surface area contributed by atoms with E-state index in [1.807, 2.05) is 30.3 Å². The van der Waals surface area contributed by atoms with E-state index in [2.05, 4.69) is 0 Å². The van der Waals surface area contributed by atoms with Gasteiger partial charge in [-0.15, -0.1) is 0 Å². The van der Waals surface area contributed by atoms with E-state index in [1.54, 1.807) is 11.9 Å². The molecule has 0 saturated carbocycles. The zero-order valence-corrected chi connectivity index (χ0v) is 9.80. The lowest BCUT2D eigenvalue weighted by atomic mass is 9.84. The molecule has 1 aromatic carbocycles. The number of carbonyl (C=O) groups is 2. The molecule has 4 heteroatoms. The molecule has 17 heavy (non-hydrogen) atoms. The molecule has 0 bridgehead atoms. The van der Waals surface area contributed by atoms with Gasteiger partial charge >= 0.3 is 0 Å². The first-order valence-electron chi connectivity index (χ1n) is 5.71. The summed E-state index contributed by atoms with van der Waals surface area (Å²) in [5.41, 5.74) is 6.39. The summed E-state index contributed by atoms with van der Waals surface area (Å²) in [6, 6.07) is 9.34. The molecule has 2 rings (SSSR count). The minimum Gasteiger partial charge on any atom is -0.369 e. The predicted octanol–water partition coefficient (Wildman–Crippen LogP) is 1.08. The van der Waals surface area contributed by atoms with Crippen LogP contribution >= 0.6 is 0 Å². The Morgan fingerprint density at radius 2 is 2.00 bits per heavy atom. The highest BCUT2D eigenvalue weighted by Crippen LogP contribution is 2.35. The summed E-state index contributed by atoms with van der Waals surface area (Å²) in [6.07, 6.45) is 0.936. The molecule has 1 aromatic rings. The minimum absolute atomic E-state index is 0.0661. The summed E-state index contributed by atoms with van der Waals surface area (Å²) >= 11 is 0. The molecule has 2 amide bonds. The first kappa shape index (κ1) is 11.6. The number of hydrogen-bond acceptors (Lipinski definition) is 2. The van der Waals surface area contributed by atoms with E-state index in [4.69, 9.17) is 5.73 Å². The van der Waals surface area contributed by atoms with Gasteiger partial charge in [0.25, 0.3) is 0 Å². The van der Waals surface area contributed by atoms with Gasteiger partial charge in [0.2, 0.25) is 11.8 Å². The standard InChI is InChI=1S/C13H16N2O2/c1-15-11(16)8-7-10(13(14)17)12(15)9-5-3-2-4-6-9/h2-6,10,12H,7-8H2,1H3,(H2,14,17). The highest BCUT2D eigenvalue weighted by molar-refractivity contribution is 5.83. The maximum Gasteiger partial charge on any atom is 0.222 e. The fourth-order valence-corrected chi connectivity index (χ4v) is 2.44. The molecule has 2 atom stereocenters. The number of primary amides is 1. The van der Waals surface area contributed by atoms with Crippen LogP contribution in [0.2, 0.25) is 0 Å². The van der Waals surface area contributed by atoms with Crippen LogP contribution in [0.3, 0.4) is 0 Å². The van der Waals surface area contributed by atoms with Gasteiger partial charge < -0.3 is 10.6 Å². The summed E-state index contributed by atoms with van der Waals surface area (Å²) in [4.78, 5) is 24.8. The molecule has 90 valence electrons. The Morgan fingerprint density at radius 1 is 1.35 bits per heavy atom. The number of likely N-dealkylation sites (tertiary alicyclic amines) is 1. The number of benzene rings is 1. The lowest BCUT2D eigenvalue weighted by Gasteiger charge is -2.37. The smallest absolute Gasteiger partial charge is 0.222 e. The van der Waals surface area contributed by atoms with E-state index in [0.29, 0.717) is 12.8 Å². The fourth-order valence-electron chi connectivity index (χ4n) is 2.44. The van der Waals surface area contributed by atoms with Gasteiger partial charge in [0.05, 0.1) is 12.0 Å². The number of piperidine rings is 1. The van der Waals surface area contributed by atoms with Crippen LogP contribution < -0.4 is 5.73 Å². The summed E-state index contributed by atoms with van der Waals surface area (Å²) in [5.74, 6) is -0.561. The zero-order valence-electron chi connectivity index (χ0n) is 9.80. The molecule has 0 aromatic heterocycles. The Hall–Kier alpha value is -1.84. The highest BCUT2D eigenvalue weighted by atomic mass is 16.2. The molecule has 0 radical (unpaired) electrons. The van der Waals surface area contributed by atoms with E-state index in [9.17, 15) is 9.59 Å². The molecule has 0 aliphatic carbocycles. The van der Waals surface area contributed by atoms with Gasteiger partial charge in [0, 0.05) is 13.5 Å². The molecule has 1 fully saturated rings. The molecular weight excluding hydrogens is 216 g/mol. The predicted molar refractivity (Wildman–Crippen MR) is 63.9 cm³/mol. The van der Waals surface area contributed by atoms with Crippen molar-refractivity contribution in [3.05, 3.63) is 35.9 Å². The van der Waals surface area contributed by atoms with Gasteiger partial charge in [-0.25, -0.2) is 0 Å². The number of carbonyl (C=O) groups excluding carboxylic acids is 2. The van der Waals surface area contributed by atoms with Crippen molar-refractivity contribution < 1.29 is 9.59 Å². The Labute approximate surface area is 100 Å². The number of hydrogen-bond donors (Lipinski definition) is 1. The molecule has 1 aliphatic heterocycles. The highest BCUT2D eigenvalue weighted by Gasteiger charge is 2.37. The van der Waals surface area contributed by atoms with Gasteiger partial charge in [-0.1, -0.05) is 30.3 Å². The van der Waals surface area contributed by atoms with Crippen LogP contribution in [0, 0.1) is 5.92 Å². The first-order valence-corrected chi connectivity index (χ1v) is 5.71. The normalized spacial score (nSPS) is 24.8. The monoisotopic (exact) mass is 232 g/mol. The zero-order chi connectivity index (χ0) is 12.4. The van der Waals surface area contributed by atoms with Crippen molar-refractivity contribution in [2.75, 3.05) is 7.05 Å². The van der Waals surface area contributed by atoms with Gasteiger partial charge in [0.15, 0.2) is 0 Å². The second-order valence-corrected chi connectivity index (χ2v) is 4.41. The lowest BCUT2D eigenvalue weighted by molar-refractivity contribution is -0.140. The summed E-state index contributed by atoms with van der Waals surface area (Å²) < 4.78 is 0. The summed E-state index contributed by atoms with van der Waals surface area (Å²) in [7, 11) is 1.73. The van der Waals surface area contributed by atoms with E-state index in [1.165, 1.54) is 0 Å². The second-order valence-electron chi connectivity index (χ2n) is 4.41. The average molecular weight is 232 g/mol. The molecular formula is C13H16N2O2. The Kier molecular flexibility index (Phi) is 3.13. The Bertz CT molecular complexity index is 430. The molecule has 1 aliphatic rings. The van der Waals surface area contributed by atoms with E-state index in [0.717, 1.165) is 5.56 Å². The molecule has 1 heterocycles. The first-order chi connectivity index (χ1) is 8.11. The topological polar surface area (TPSA) is 63.4 Å². The number of rotatable bonds is 2. The van der Waals surface area contributed by atoms with Crippen LogP contribution in [0.25, 0.3) is 0 Å². The van der Waals surface area contributed by atoms with Crippen molar-refractivity contribution in [1.29, 1.82) is 0 Å². The van der Waals surface area contributed by atoms with Crippen LogP contribution in [0.4, 0.5) is 0 Å². The van der Waals surface area contributed by atoms with Crippen LogP contribution in [-0.4, -0.2) is 23.8 Å². The maximum absolute atomic E-state index is 11.7. The van der Waals surface area contributed by atoms with E-state index >= 15 is 0 Å².